The van der Waals surface area contributed by atoms with Crippen molar-refractivity contribution in [1.82, 2.24) is 14.5 Å². The van der Waals surface area contributed by atoms with Crippen molar-refractivity contribution < 1.29 is 31.1 Å². The number of carbonyl (C=O) groups is 1. The van der Waals surface area contributed by atoms with Crippen molar-refractivity contribution in [3.05, 3.63) is 75.3 Å². The summed E-state index contributed by atoms with van der Waals surface area (Å²) < 4.78 is 80.8. The summed E-state index contributed by atoms with van der Waals surface area (Å²) in [5, 5.41) is 0.352. The molecule has 1 unspecified atom stereocenters. The van der Waals surface area contributed by atoms with Gasteiger partial charge in [-0.3, -0.25) is 14.2 Å². The van der Waals surface area contributed by atoms with E-state index in [4.69, 9.17) is 0 Å². The summed E-state index contributed by atoms with van der Waals surface area (Å²) in [6, 6.07) is 6.41. The van der Waals surface area contributed by atoms with Gasteiger partial charge in [-0.2, -0.15) is 26.3 Å². The molecule has 0 aliphatic carbocycles. The first-order chi connectivity index (χ1) is 15.8. The first kappa shape index (κ1) is 25.3. The Balaban J connectivity index is 2.13. The third-order valence-electron chi connectivity index (χ3n) is 5.51. The van der Waals surface area contributed by atoms with Gasteiger partial charge >= 0.3 is 12.4 Å². The van der Waals surface area contributed by atoms with Crippen molar-refractivity contribution in [1.29, 1.82) is 0 Å². The van der Waals surface area contributed by atoms with Crippen LogP contribution in [0.1, 0.15) is 53.6 Å². The molecular formula is C23H21F6N3O2. The maximum Gasteiger partial charge on any atom is 0.416 e. The second-order valence-corrected chi connectivity index (χ2v) is 7.67. The molecule has 0 spiro atoms. The molecule has 1 atom stereocenters. The molecule has 0 bridgehead atoms. The number of hydrogen-bond donors (Lipinski definition) is 0. The normalized spacial score (nSPS) is 13.2. The minimum atomic E-state index is -5.08. The summed E-state index contributed by atoms with van der Waals surface area (Å²) in [6.07, 6.45) is -9.96. The van der Waals surface area contributed by atoms with E-state index < -0.39 is 41.0 Å². The van der Waals surface area contributed by atoms with Gasteiger partial charge in [0.1, 0.15) is 5.82 Å². The largest absolute Gasteiger partial charge is 0.416 e. The maximum absolute atomic E-state index is 13.2. The Morgan fingerprint density at radius 1 is 1.00 bits per heavy atom. The molecule has 34 heavy (non-hydrogen) atoms. The molecule has 0 fully saturated rings. The van der Waals surface area contributed by atoms with Gasteiger partial charge in [0.25, 0.3) is 11.5 Å². The Bertz CT molecular complexity index is 1250. The van der Waals surface area contributed by atoms with Crippen molar-refractivity contribution in [2.45, 2.75) is 45.2 Å². The smallest absolute Gasteiger partial charge is 0.332 e. The van der Waals surface area contributed by atoms with Gasteiger partial charge in [-0.25, -0.2) is 4.98 Å². The number of amides is 1. The summed E-state index contributed by atoms with van der Waals surface area (Å²) in [6.45, 7) is 3.56. The molecule has 0 aliphatic heterocycles. The highest BCUT2D eigenvalue weighted by Gasteiger charge is 2.38. The van der Waals surface area contributed by atoms with Crippen LogP contribution >= 0.6 is 0 Å². The summed E-state index contributed by atoms with van der Waals surface area (Å²) >= 11 is 0. The Kier molecular flexibility index (Phi) is 6.77. The standard InChI is InChI=1S/C23H21F6N3O2/c1-4-18(19-30-17-9-7-6-8-16(17)21(34)32(19)5-2)31(3)20(33)13-10-14(22(24,25)26)12-15(11-13)23(27,28)29/h6-12,18H,4-5H2,1-3H3. The number of benzene rings is 2. The number of fused-ring (bicyclic) bond motifs is 1. The fraction of sp³-hybridized carbons (Fsp3) is 0.348. The van der Waals surface area contributed by atoms with Crippen LogP contribution < -0.4 is 5.56 Å². The number of hydrogen-bond acceptors (Lipinski definition) is 3. The Morgan fingerprint density at radius 2 is 1.56 bits per heavy atom. The molecule has 1 amide bonds. The Hall–Kier alpha value is -3.37. The SMILES string of the molecule is CCC(c1nc2ccccc2c(=O)n1CC)N(C)C(=O)c1cc(C(F)(F)F)cc(C(F)(F)F)c1. The molecule has 2 aromatic carbocycles. The predicted octanol–water partition coefficient (Wildman–Crippen LogP) is 5.68. The number of halogens is 6. The van der Waals surface area contributed by atoms with Gasteiger partial charge in [0, 0.05) is 19.2 Å². The maximum atomic E-state index is 13.2. The molecule has 0 N–H and O–H groups in total. The molecule has 5 nitrogen and oxygen atoms in total. The summed E-state index contributed by atoms with van der Waals surface area (Å²) in [5.41, 5.74) is -3.93. The molecule has 3 rings (SSSR count). The summed E-state index contributed by atoms with van der Waals surface area (Å²) in [4.78, 5) is 31.6. The van der Waals surface area contributed by atoms with Crippen molar-refractivity contribution >= 4 is 16.8 Å². The zero-order chi connectivity index (χ0) is 25.4. The first-order valence-electron chi connectivity index (χ1n) is 10.4. The van der Waals surface area contributed by atoms with Crippen LogP contribution in [0.3, 0.4) is 0 Å². The van der Waals surface area contributed by atoms with E-state index in [0.29, 0.717) is 23.0 Å². The number of aromatic nitrogens is 2. The van der Waals surface area contributed by atoms with Crippen LogP contribution in [0.5, 0.6) is 0 Å². The van der Waals surface area contributed by atoms with Gasteiger partial charge in [0.15, 0.2) is 0 Å². The van der Waals surface area contributed by atoms with Gasteiger partial charge in [0.05, 0.1) is 28.1 Å². The predicted molar refractivity (Wildman–Crippen MR) is 113 cm³/mol. The van der Waals surface area contributed by atoms with Crippen LogP contribution in [0.15, 0.2) is 47.3 Å². The van der Waals surface area contributed by atoms with Gasteiger partial charge in [-0.1, -0.05) is 19.1 Å². The topological polar surface area (TPSA) is 55.2 Å². The summed E-state index contributed by atoms with van der Waals surface area (Å²) in [5.74, 6) is -0.874. The van der Waals surface area contributed by atoms with E-state index in [1.54, 1.807) is 38.1 Å². The van der Waals surface area contributed by atoms with Crippen molar-refractivity contribution in [3.63, 3.8) is 0 Å². The minimum absolute atomic E-state index is 0.0340. The molecule has 3 aromatic rings. The van der Waals surface area contributed by atoms with Crippen LogP contribution in [0.4, 0.5) is 26.3 Å². The molecule has 1 aromatic heterocycles. The zero-order valence-electron chi connectivity index (χ0n) is 18.5. The monoisotopic (exact) mass is 485 g/mol. The fourth-order valence-corrected chi connectivity index (χ4v) is 3.80. The number of nitrogens with zero attached hydrogens (tertiary/aromatic N) is 3. The van der Waals surface area contributed by atoms with Crippen LogP contribution in [0.25, 0.3) is 10.9 Å². The number of para-hydroxylation sites is 1. The average molecular weight is 485 g/mol. The zero-order valence-corrected chi connectivity index (χ0v) is 18.5. The summed E-state index contributed by atoms with van der Waals surface area (Å²) in [7, 11) is 1.26. The lowest BCUT2D eigenvalue weighted by Crippen LogP contribution is -2.36. The minimum Gasteiger partial charge on any atom is -0.332 e. The van der Waals surface area contributed by atoms with Gasteiger partial charge in [-0.05, 0) is 43.7 Å². The highest BCUT2D eigenvalue weighted by molar-refractivity contribution is 5.94. The molecule has 0 radical (unpaired) electrons. The van der Waals surface area contributed by atoms with E-state index in [1.807, 2.05) is 0 Å². The Labute approximate surface area is 190 Å². The molecule has 0 saturated carbocycles. The van der Waals surface area contributed by atoms with Gasteiger partial charge in [-0.15, -0.1) is 0 Å². The number of rotatable bonds is 5. The molecule has 182 valence electrons. The molecule has 0 saturated heterocycles. The van der Waals surface area contributed by atoms with E-state index in [2.05, 4.69) is 4.98 Å². The molecular weight excluding hydrogens is 464 g/mol. The Morgan fingerprint density at radius 3 is 2.06 bits per heavy atom. The lowest BCUT2D eigenvalue weighted by molar-refractivity contribution is -0.143. The number of carbonyl (C=O) groups excluding carboxylic acids is 1. The van der Waals surface area contributed by atoms with E-state index in [9.17, 15) is 35.9 Å². The third-order valence-corrected chi connectivity index (χ3v) is 5.51. The van der Waals surface area contributed by atoms with Crippen LogP contribution in [-0.4, -0.2) is 27.4 Å². The molecule has 1 heterocycles. The lowest BCUT2D eigenvalue weighted by Gasteiger charge is -2.29. The average Bonchev–Trinajstić information content (AvgIpc) is 2.77. The fourth-order valence-electron chi connectivity index (χ4n) is 3.80. The van der Waals surface area contributed by atoms with E-state index in [0.717, 1.165) is 4.90 Å². The van der Waals surface area contributed by atoms with Crippen molar-refractivity contribution in [3.8, 4) is 0 Å². The van der Waals surface area contributed by atoms with Crippen molar-refractivity contribution in [2.75, 3.05) is 7.05 Å². The van der Waals surface area contributed by atoms with Gasteiger partial charge < -0.3 is 4.90 Å². The third kappa shape index (κ3) is 4.78. The second-order valence-electron chi connectivity index (χ2n) is 7.67. The lowest BCUT2D eigenvalue weighted by atomic mass is 10.0. The highest BCUT2D eigenvalue weighted by Crippen LogP contribution is 2.37. The van der Waals surface area contributed by atoms with Crippen LogP contribution in [0.2, 0.25) is 0 Å². The first-order valence-corrected chi connectivity index (χ1v) is 10.4. The quantitative estimate of drug-likeness (QED) is 0.437. The second kappa shape index (κ2) is 9.11. The van der Waals surface area contributed by atoms with Crippen LogP contribution in [0, 0.1) is 0 Å². The molecule has 11 heteroatoms. The van der Waals surface area contributed by atoms with Gasteiger partial charge in [0.2, 0.25) is 0 Å². The van der Waals surface area contributed by atoms with E-state index in [-0.39, 0.29) is 30.4 Å². The number of alkyl halides is 6. The van der Waals surface area contributed by atoms with Crippen LogP contribution in [-0.2, 0) is 18.9 Å². The highest BCUT2D eigenvalue weighted by atomic mass is 19.4. The van der Waals surface area contributed by atoms with E-state index >= 15 is 0 Å². The van der Waals surface area contributed by atoms with E-state index in [1.165, 1.54) is 11.6 Å². The molecule has 0 aliphatic rings. The van der Waals surface area contributed by atoms with Crippen molar-refractivity contribution in [2.24, 2.45) is 0 Å².